The van der Waals surface area contributed by atoms with Crippen molar-refractivity contribution in [1.29, 1.82) is 0 Å². The lowest BCUT2D eigenvalue weighted by Gasteiger charge is -1.76. The monoisotopic (exact) mass is 94.0 g/mol. The van der Waals surface area contributed by atoms with Crippen LogP contribution in [0.3, 0.4) is 0 Å². The number of rotatable bonds is 2. The van der Waals surface area contributed by atoms with Gasteiger partial charge in [-0.15, -0.1) is 0 Å². The van der Waals surface area contributed by atoms with Crippen LogP contribution >= 0.6 is 0 Å². The standard InChI is InChI=1S/C4H6O.2C/c1-3-5-4-2;;/h3-4H,1-2H2;;. The average molecular weight is 94.1 g/mol. The maximum Gasteiger partial charge on any atom is 0.0829 e. The van der Waals surface area contributed by atoms with Crippen LogP contribution in [0.4, 0.5) is 0 Å². The first-order valence-corrected chi connectivity index (χ1v) is 1.29. The van der Waals surface area contributed by atoms with Gasteiger partial charge in [0.1, 0.15) is 0 Å². The zero-order valence-corrected chi connectivity index (χ0v) is 3.98. The van der Waals surface area contributed by atoms with Gasteiger partial charge in [0.05, 0.1) is 12.5 Å². The molecule has 0 unspecified atom stereocenters. The second kappa shape index (κ2) is 18.6. The number of hydrogen-bond acceptors (Lipinski definition) is 1. The van der Waals surface area contributed by atoms with Crippen molar-refractivity contribution in [3.8, 4) is 0 Å². The Morgan fingerprint density at radius 2 is 1.29 bits per heavy atom. The third-order valence-electron chi connectivity index (χ3n) is 0.192. The molecular weight excluding hydrogens is 88.1 g/mol. The van der Waals surface area contributed by atoms with Gasteiger partial charge in [0.2, 0.25) is 0 Å². The highest BCUT2D eigenvalue weighted by Crippen LogP contribution is 1.65. The van der Waals surface area contributed by atoms with Gasteiger partial charge in [0.15, 0.2) is 0 Å². The first kappa shape index (κ1) is 16.3. The second-order valence-corrected chi connectivity index (χ2v) is 0.469. The molecule has 0 heterocycles. The number of ether oxygens (including phenoxy) is 1. The van der Waals surface area contributed by atoms with E-state index in [0.717, 1.165) is 0 Å². The summed E-state index contributed by atoms with van der Waals surface area (Å²) in [6.07, 6.45) is 2.62. The summed E-state index contributed by atoms with van der Waals surface area (Å²) in [7, 11) is 0. The van der Waals surface area contributed by atoms with Gasteiger partial charge in [0.25, 0.3) is 0 Å². The van der Waals surface area contributed by atoms with E-state index < -0.39 is 0 Å². The van der Waals surface area contributed by atoms with Crippen LogP contribution in [0.15, 0.2) is 25.7 Å². The van der Waals surface area contributed by atoms with E-state index in [-0.39, 0.29) is 14.9 Å². The fourth-order valence-corrected chi connectivity index (χ4v) is 0.0680. The molecule has 0 N–H and O–H groups in total. The molecule has 0 aromatic carbocycles. The van der Waals surface area contributed by atoms with Gasteiger partial charge in [-0.05, 0) is 0 Å². The van der Waals surface area contributed by atoms with Crippen LogP contribution < -0.4 is 0 Å². The molecule has 0 rings (SSSR count). The van der Waals surface area contributed by atoms with Crippen LogP contribution in [-0.4, -0.2) is 0 Å². The lowest BCUT2D eigenvalue weighted by atomic mass is 11.1. The third-order valence-corrected chi connectivity index (χ3v) is 0.192. The summed E-state index contributed by atoms with van der Waals surface area (Å²) in [6.45, 7) is 6.51. The lowest BCUT2D eigenvalue weighted by Crippen LogP contribution is -1.52. The lowest BCUT2D eigenvalue weighted by molar-refractivity contribution is 0.406. The van der Waals surface area contributed by atoms with E-state index in [1.165, 1.54) is 12.5 Å². The molecule has 0 spiro atoms. The summed E-state index contributed by atoms with van der Waals surface area (Å²) < 4.78 is 4.36. The van der Waals surface area contributed by atoms with Gasteiger partial charge >= 0.3 is 0 Å². The molecule has 0 fully saturated rings. The Bertz CT molecular complexity index is 33.4. The van der Waals surface area contributed by atoms with Crippen LogP contribution in [0.2, 0.25) is 0 Å². The third kappa shape index (κ3) is 34.7. The van der Waals surface area contributed by atoms with Crippen molar-refractivity contribution in [1.82, 2.24) is 0 Å². The molecule has 0 atom stereocenters. The van der Waals surface area contributed by atoms with Crippen LogP contribution in [0.25, 0.3) is 0 Å². The van der Waals surface area contributed by atoms with Crippen molar-refractivity contribution in [2.75, 3.05) is 0 Å². The fraction of sp³-hybridized carbons (Fsp3) is 0. The molecule has 0 saturated carbocycles. The van der Waals surface area contributed by atoms with E-state index in [4.69, 9.17) is 0 Å². The average Bonchev–Trinajstić information content (AvgIpc) is 1.41. The molecule has 0 saturated heterocycles. The van der Waals surface area contributed by atoms with Crippen molar-refractivity contribution in [2.24, 2.45) is 0 Å². The van der Waals surface area contributed by atoms with Crippen molar-refractivity contribution in [2.45, 2.75) is 0 Å². The molecule has 0 bridgehead atoms. The highest BCUT2D eigenvalue weighted by atomic mass is 16.5. The molecule has 1 nitrogen and oxygen atoms in total. The van der Waals surface area contributed by atoms with Gasteiger partial charge in [-0.25, -0.2) is 0 Å². The van der Waals surface area contributed by atoms with Crippen LogP contribution in [0.5, 0.6) is 0 Å². The fourth-order valence-electron chi connectivity index (χ4n) is 0.0680. The van der Waals surface area contributed by atoms with E-state index in [1.807, 2.05) is 0 Å². The molecule has 0 aromatic rings. The van der Waals surface area contributed by atoms with E-state index in [1.54, 1.807) is 0 Å². The predicted octanol–water partition coefficient (Wildman–Crippen LogP) is 1.45. The minimum atomic E-state index is 0. The quantitative estimate of drug-likeness (QED) is 0.470. The van der Waals surface area contributed by atoms with Gasteiger partial charge in [-0.1, -0.05) is 13.2 Å². The van der Waals surface area contributed by atoms with Crippen molar-refractivity contribution in [3.63, 3.8) is 0 Å². The summed E-state index contributed by atoms with van der Waals surface area (Å²) in [5.41, 5.74) is 0. The van der Waals surface area contributed by atoms with Gasteiger partial charge in [-0.3, -0.25) is 0 Å². The molecular formula is C6H6O. The Kier molecular flexibility index (Phi) is 43.3. The van der Waals surface area contributed by atoms with Crippen LogP contribution in [-0.2, 0) is 4.74 Å². The Balaban J connectivity index is -0.0000000800. The Morgan fingerprint density at radius 3 is 1.29 bits per heavy atom. The Hall–Kier alpha value is -0.720. The zero-order valence-electron chi connectivity index (χ0n) is 3.98. The van der Waals surface area contributed by atoms with Crippen molar-refractivity contribution >= 4 is 0 Å². The molecule has 0 aliphatic heterocycles. The smallest absolute Gasteiger partial charge is 0.0829 e. The minimum Gasteiger partial charge on any atom is -0.474 e. The summed E-state index contributed by atoms with van der Waals surface area (Å²) in [5.74, 6) is 0. The second-order valence-electron chi connectivity index (χ2n) is 0.469. The zero-order chi connectivity index (χ0) is 4.12. The van der Waals surface area contributed by atoms with Crippen LogP contribution in [0, 0.1) is 14.9 Å². The predicted molar refractivity (Wildman–Crippen MR) is 28.0 cm³/mol. The van der Waals surface area contributed by atoms with Crippen LogP contribution in [0.1, 0.15) is 0 Å². The largest absolute Gasteiger partial charge is 0.474 e. The highest BCUT2D eigenvalue weighted by Gasteiger charge is 1.45. The first-order chi connectivity index (χ1) is 2.41. The molecule has 0 aromatic heterocycles. The van der Waals surface area contributed by atoms with E-state index >= 15 is 0 Å². The molecule has 36 valence electrons. The summed E-state index contributed by atoms with van der Waals surface area (Å²) in [5, 5.41) is 0. The normalized spacial score (nSPS) is 4.00. The van der Waals surface area contributed by atoms with E-state index in [9.17, 15) is 0 Å². The summed E-state index contributed by atoms with van der Waals surface area (Å²) >= 11 is 0. The molecule has 0 aliphatic rings. The first-order valence-electron chi connectivity index (χ1n) is 1.29. The summed E-state index contributed by atoms with van der Waals surface area (Å²) in [4.78, 5) is 0. The van der Waals surface area contributed by atoms with Gasteiger partial charge in [-0.2, -0.15) is 0 Å². The molecule has 8 radical (unpaired) electrons. The van der Waals surface area contributed by atoms with Gasteiger partial charge < -0.3 is 4.74 Å². The molecule has 0 aliphatic carbocycles. The Morgan fingerprint density at radius 1 is 1.00 bits per heavy atom. The summed E-state index contributed by atoms with van der Waals surface area (Å²) in [6, 6.07) is 0. The minimum absolute atomic E-state index is 0. The maximum absolute atomic E-state index is 4.36. The van der Waals surface area contributed by atoms with Gasteiger partial charge in [0, 0.05) is 14.9 Å². The topological polar surface area (TPSA) is 9.23 Å². The molecule has 0 amide bonds. The SMILES string of the molecule is C=COC=C.[C].[C]. The Labute approximate surface area is 46.3 Å². The highest BCUT2D eigenvalue weighted by molar-refractivity contribution is 4.57. The maximum atomic E-state index is 4.36. The molecule has 1 heteroatoms. The van der Waals surface area contributed by atoms with Crippen molar-refractivity contribution < 1.29 is 4.74 Å². The number of hydrogen-bond donors (Lipinski definition) is 0. The van der Waals surface area contributed by atoms with E-state index in [2.05, 4.69) is 17.9 Å². The molecule has 7 heavy (non-hydrogen) atoms. The van der Waals surface area contributed by atoms with E-state index in [0.29, 0.717) is 0 Å². The van der Waals surface area contributed by atoms with Crippen molar-refractivity contribution in [3.05, 3.63) is 40.5 Å².